The average molecular weight is 692 g/mol. The largest absolute Gasteiger partial charge is 0.487 e. The van der Waals surface area contributed by atoms with E-state index in [0.29, 0.717) is 35.0 Å². The molecule has 1 aromatic carbocycles. The average Bonchev–Trinajstić information content (AvgIpc) is 3.58. The molecule has 6 heterocycles. The summed E-state index contributed by atoms with van der Waals surface area (Å²) in [6.45, 7) is 3.21. The van der Waals surface area contributed by atoms with Crippen LogP contribution in [-0.2, 0) is 17.6 Å². The monoisotopic (exact) mass is 690 g/mol. The number of fused-ring (bicyclic) bond motifs is 3. The molecule has 4 aromatic rings. The molecule has 4 aliphatic rings. The number of hydrogen-bond donors (Lipinski definition) is 1. The molecule has 4 unspecified atom stereocenters. The van der Waals surface area contributed by atoms with Crippen LogP contribution in [0.4, 0.5) is 0 Å². The van der Waals surface area contributed by atoms with Crippen molar-refractivity contribution in [1.29, 1.82) is 0 Å². The van der Waals surface area contributed by atoms with Crippen molar-refractivity contribution < 1.29 is 14.3 Å². The first-order valence-corrected chi connectivity index (χ1v) is 17.3. The zero-order valence-electron chi connectivity index (χ0n) is 25.1. The molecule has 0 saturated carbocycles. The SMILES string of the molecule is O=C1NCC(C2CCN(C3CCc4ccc(Cl)nc4CC3)C2)Oc2cc(-c3nn(C4CCCCO4)c4ncc(Br)cc34)ccc21. The molecular formula is C34H36BrClN6O3. The van der Waals surface area contributed by atoms with Gasteiger partial charge in [-0.05, 0) is 104 Å². The molecule has 2 fully saturated rings. The molecule has 1 amide bonds. The number of aromatic nitrogens is 4. The second-order valence-electron chi connectivity index (χ2n) is 12.7. The van der Waals surface area contributed by atoms with Crippen molar-refractivity contribution in [3.63, 3.8) is 0 Å². The second kappa shape index (κ2) is 12.3. The topological polar surface area (TPSA) is 94.4 Å². The fourth-order valence-electron chi connectivity index (χ4n) is 7.57. The third kappa shape index (κ3) is 5.75. The highest BCUT2D eigenvalue weighted by Gasteiger charge is 2.37. The molecule has 4 atom stereocenters. The number of benzene rings is 1. The summed E-state index contributed by atoms with van der Waals surface area (Å²) in [7, 11) is 0. The Balaban J connectivity index is 1.03. The van der Waals surface area contributed by atoms with Crippen molar-refractivity contribution in [2.24, 2.45) is 5.92 Å². The van der Waals surface area contributed by atoms with Gasteiger partial charge in [-0.2, -0.15) is 5.10 Å². The molecule has 1 aliphatic carbocycles. The van der Waals surface area contributed by atoms with Crippen LogP contribution in [-0.4, -0.2) is 68.9 Å². The van der Waals surface area contributed by atoms with E-state index < -0.39 is 0 Å². The zero-order chi connectivity index (χ0) is 30.5. The van der Waals surface area contributed by atoms with Gasteiger partial charge in [-0.15, -0.1) is 0 Å². The molecule has 2 saturated heterocycles. The molecule has 0 radical (unpaired) electrons. The molecule has 0 bridgehead atoms. The van der Waals surface area contributed by atoms with E-state index in [1.165, 1.54) is 5.56 Å². The van der Waals surface area contributed by atoms with Crippen molar-refractivity contribution >= 4 is 44.5 Å². The van der Waals surface area contributed by atoms with Crippen LogP contribution in [0.1, 0.15) is 66.4 Å². The number of nitrogens with zero attached hydrogens (tertiary/aromatic N) is 5. The number of carbonyl (C=O) groups is 1. The van der Waals surface area contributed by atoms with Crippen LogP contribution < -0.4 is 10.1 Å². The lowest BCUT2D eigenvalue weighted by Crippen LogP contribution is -2.40. The van der Waals surface area contributed by atoms with E-state index in [2.05, 4.69) is 43.3 Å². The van der Waals surface area contributed by atoms with Gasteiger partial charge in [0.25, 0.3) is 5.91 Å². The van der Waals surface area contributed by atoms with E-state index >= 15 is 0 Å². The number of aryl methyl sites for hydroxylation is 2. The van der Waals surface area contributed by atoms with E-state index in [9.17, 15) is 4.79 Å². The summed E-state index contributed by atoms with van der Waals surface area (Å²) in [4.78, 5) is 25.1. The van der Waals surface area contributed by atoms with Crippen LogP contribution in [0.3, 0.4) is 0 Å². The Bertz CT molecular complexity index is 1760. The summed E-state index contributed by atoms with van der Waals surface area (Å²) in [6.07, 6.45) is 9.84. The number of ether oxygens (including phenoxy) is 2. The first-order valence-electron chi connectivity index (χ1n) is 16.1. The van der Waals surface area contributed by atoms with Crippen LogP contribution in [0.25, 0.3) is 22.3 Å². The van der Waals surface area contributed by atoms with Gasteiger partial charge in [0.1, 0.15) is 22.7 Å². The zero-order valence-corrected chi connectivity index (χ0v) is 27.4. The lowest BCUT2D eigenvalue weighted by molar-refractivity contribution is -0.0368. The molecule has 3 aliphatic heterocycles. The maximum atomic E-state index is 13.2. The van der Waals surface area contributed by atoms with E-state index in [0.717, 1.165) is 104 Å². The van der Waals surface area contributed by atoms with Crippen molar-refractivity contribution in [2.45, 2.75) is 69.7 Å². The normalized spacial score (nSPS) is 25.6. The summed E-state index contributed by atoms with van der Waals surface area (Å²) < 4.78 is 15.6. The molecule has 1 N–H and O–H groups in total. The number of nitrogens with one attached hydrogen (secondary N) is 1. The van der Waals surface area contributed by atoms with Crippen LogP contribution >= 0.6 is 27.5 Å². The first-order chi connectivity index (χ1) is 22.0. The van der Waals surface area contributed by atoms with Crippen LogP contribution in [0.2, 0.25) is 5.15 Å². The number of halogens is 2. The molecule has 9 nitrogen and oxygen atoms in total. The summed E-state index contributed by atoms with van der Waals surface area (Å²) >= 11 is 9.78. The van der Waals surface area contributed by atoms with Gasteiger partial charge in [-0.1, -0.05) is 23.7 Å². The number of amides is 1. The number of rotatable bonds is 4. The molecule has 11 heteroatoms. The Kier molecular flexibility index (Phi) is 8.01. The molecule has 0 spiro atoms. The maximum Gasteiger partial charge on any atom is 0.255 e. The fraction of sp³-hybridized carbons (Fsp3) is 0.471. The van der Waals surface area contributed by atoms with E-state index in [4.69, 9.17) is 31.2 Å². The third-order valence-electron chi connectivity index (χ3n) is 9.98. The summed E-state index contributed by atoms with van der Waals surface area (Å²) in [6, 6.07) is 12.4. The predicted molar refractivity (Wildman–Crippen MR) is 176 cm³/mol. The van der Waals surface area contributed by atoms with Crippen molar-refractivity contribution in [3.8, 4) is 17.0 Å². The number of hydrogen-bond acceptors (Lipinski definition) is 7. The Morgan fingerprint density at radius 3 is 2.84 bits per heavy atom. The highest BCUT2D eigenvalue weighted by Crippen LogP contribution is 2.37. The number of likely N-dealkylation sites (tertiary alicyclic amines) is 1. The number of carbonyl (C=O) groups excluding carboxylic acids is 1. The van der Waals surface area contributed by atoms with E-state index in [1.807, 2.05) is 28.9 Å². The fourth-order valence-corrected chi connectivity index (χ4v) is 8.07. The lowest BCUT2D eigenvalue weighted by Gasteiger charge is -2.28. The minimum atomic E-state index is -0.141. The third-order valence-corrected chi connectivity index (χ3v) is 10.6. The molecule has 234 valence electrons. The highest BCUT2D eigenvalue weighted by atomic mass is 79.9. The van der Waals surface area contributed by atoms with Crippen LogP contribution in [0.15, 0.2) is 47.1 Å². The van der Waals surface area contributed by atoms with E-state index in [1.54, 1.807) is 6.20 Å². The summed E-state index contributed by atoms with van der Waals surface area (Å²) in [5.74, 6) is 0.831. The smallest absolute Gasteiger partial charge is 0.255 e. The summed E-state index contributed by atoms with van der Waals surface area (Å²) in [5, 5.41) is 9.68. The van der Waals surface area contributed by atoms with E-state index in [-0.39, 0.29) is 18.2 Å². The van der Waals surface area contributed by atoms with Gasteiger partial charge in [0.15, 0.2) is 11.9 Å². The van der Waals surface area contributed by atoms with Gasteiger partial charge >= 0.3 is 0 Å². The first kappa shape index (κ1) is 29.4. The van der Waals surface area contributed by atoms with Gasteiger partial charge in [0.05, 0.1) is 12.1 Å². The minimum absolute atomic E-state index is 0.1000. The van der Waals surface area contributed by atoms with Gasteiger partial charge < -0.3 is 14.8 Å². The maximum absolute atomic E-state index is 13.2. The van der Waals surface area contributed by atoms with Crippen LogP contribution in [0, 0.1) is 5.92 Å². The number of pyridine rings is 2. The Labute approximate surface area is 275 Å². The van der Waals surface area contributed by atoms with Gasteiger partial charge in [-0.3, -0.25) is 9.69 Å². The summed E-state index contributed by atoms with van der Waals surface area (Å²) in [5.41, 5.74) is 5.52. The molecule has 45 heavy (non-hydrogen) atoms. The molecular weight excluding hydrogens is 656 g/mol. The van der Waals surface area contributed by atoms with Gasteiger partial charge in [0.2, 0.25) is 0 Å². The minimum Gasteiger partial charge on any atom is -0.487 e. The quantitative estimate of drug-likeness (QED) is 0.196. The second-order valence-corrected chi connectivity index (χ2v) is 14.0. The highest BCUT2D eigenvalue weighted by molar-refractivity contribution is 9.10. The Hall–Kier alpha value is -3.05. The Morgan fingerprint density at radius 1 is 1.04 bits per heavy atom. The molecule has 8 rings (SSSR count). The Morgan fingerprint density at radius 2 is 1.96 bits per heavy atom. The van der Waals surface area contributed by atoms with Crippen LogP contribution in [0.5, 0.6) is 5.75 Å². The van der Waals surface area contributed by atoms with Gasteiger partial charge in [0, 0.05) is 52.4 Å². The van der Waals surface area contributed by atoms with Crippen molar-refractivity contribution in [2.75, 3.05) is 26.2 Å². The van der Waals surface area contributed by atoms with Crippen molar-refractivity contribution in [1.82, 2.24) is 30.0 Å². The standard InChI is InChI=1S/C34H36BrClN6O3/c35-23-16-26-32(40-42(33(26)37-17-23)31-3-1-2-14-44-31)21-5-9-25-28(15-21)45-29(18-38-34(25)43)22-12-13-41(19-22)24-7-4-20-6-11-30(36)39-27(20)10-8-24/h5-6,9,11,15-17,22,24,29,31H,1-4,7-8,10,12-14,18-19H2,(H,38,43). The lowest BCUT2D eigenvalue weighted by atomic mass is 10.0. The van der Waals surface area contributed by atoms with Gasteiger partial charge in [-0.25, -0.2) is 14.6 Å². The van der Waals surface area contributed by atoms with Crippen molar-refractivity contribution in [3.05, 3.63) is 69.0 Å². The predicted octanol–water partition coefficient (Wildman–Crippen LogP) is 6.37. The molecule has 3 aromatic heterocycles.